The van der Waals surface area contributed by atoms with E-state index in [-0.39, 0.29) is 0 Å². The van der Waals surface area contributed by atoms with Crippen molar-refractivity contribution in [3.8, 4) is 0 Å². The molecule has 1 aliphatic rings. The summed E-state index contributed by atoms with van der Waals surface area (Å²) >= 11 is 5.54. The first-order valence-corrected chi connectivity index (χ1v) is 9.49. The van der Waals surface area contributed by atoms with Gasteiger partial charge in [-0.05, 0) is 24.7 Å². The lowest BCUT2D eigenvalue weighted by Crippen LogP contribution is -2.46. The number of aryl methyl sites for hydroxylation is 1. The molecule has 0 spiro atoms. The van der Waals surface area contributed by atoms with Gasteiger partial charge in [-0.1, -0.05) is 48.6 Å². The van der Waals surface area contributed by atoms with E-state index in [9.17, 15) is 0 Å². The van der Waals surface area contributed by atoms with Crippen molar-refractivity contribution in [2.75, 3.05) is 32.7 Å². The molecule has 0 aliphatic carbocycles. The van der Waals surface area contributed by atoms with Gasteiger partial charge in [0.25, 0.3) is 0 Å². The largest absolute Gasteiger partial charge is 0.300 e. The van der Waals surface area contributed by atoms with Crippen molar-refractivity contribution in [1.82, 2.24) is 24.1 Å². The van der Waals surface area contributed by atoms with E-state index in [0.717, 1.165) is 50.0 Å². The molecular formula is C20H27N5S. The average Bonchev–Trinajstić information content (AvgIpc) is 2.92. The van der Waals surface area contributed by atoms with Gasteiger partial charge in [0, 0.05) is 39.3 Å². The Morgan fingerprint density at radius 2 is 1.77 bits per heavy atom. The van der Waals surface area contributed by atoms with E-state index >= 15 is 0 Å². The third kappa shape index (κ3) is 4.78. The Morgan fingerprint density at radius 1 is 1.08 bits per heavy atom. The third-order valence-electron chi connectivity index (χ3n) is 4.69. The minimum Gasteiger partial charge on any atom is -0.300 e. The summed E-state index contributed by atoms with van der Waals surface area (Å²) in [5, 5.41) is 4.59. The summed E-state index contributed by atoms with van der Waals surface area (Å²) in [6.45, 7) is 12.5. The second-order valence-electron chi connectivity index (χ2n) is 6.60. The Kier molecular flexibility index (Phi) is 6.55. The molecular weight excluding hydrogens is 342 g/mol. The van der Waals surface area contributed by atoms with Crippen LogP contribution in [0.4, 0.5) is 0 Å². The molecule has 2 heterocycles. The molecule has 1 fully saturated rings. The van der Waals surface area contributed by atoms with E-state index in [0.29, 0.717) is 6.54 Å². The summed E-state index contributed by atoms with van der Waals surface area (Å²) in [6, 6.07) is 10.4. The summed E-state index contributed by atoms with van der Waals surface area (Å²) in [5.74, 6) is 0.944. The zero-order valence-corrected chi connectivity index (χ0v) is 16.2. The van der Waals surface area contributed by atoms with Gasteiger partial charge in [-0.3, -0.25) is 9.80 Å². The first-order chi connectivity index (χ1) is 12.7. The van der Waals surface area contributed by atoms with Gasteiger partial charge in [-0.2, -0.15) is 5.10 Å². The third-order valence-corrected chi connectivity index (χ3v) is 5.12. The summed E-state index contributed by atoms with van der Waals surface area (Å²) in [5.41, 5.74) is 1.26. The number of hydrogen-bond donors (Lipinski definition) is 0. The molecule has 1 saturated heterocycles. The molecule has 3 rings (SSSR count). The topological polar surface area (TPSA) is 29.2 Å². The second kappa shape index (κ2) is 9.07. The molecule has 2 aromatic rings. The highest BCUT2D eigenvalue weighted by Crippen LogP contribution is 2.07. The van der Waals surface area contributed by atoms with Crippen LogP contribution in [0.2, 0.25) is 0 Å². The molecule has 6 heteroatoms. The molecule has 0 N–H and O–H groups in total. The van der Waals surface area contributed by atoms with Crippen molar-refractivity contribution in [2.24, 2.45) is 0 Å². The lowest BCUT2D eigenvalue weighted by Gasteiger charge is -2.33. The molecule has 1 aliphatic heterocycles. The monoisotopic (exact) mass is 369 g/mol. The van der Waals surface area contributed by atoms with Gasteiger partial charge < -0.3 is 4.57 Å². The Hall–Kier alpha value is -2.02. The lowest BCUT2D eigenvalue weighted by atomic mass is 10.2. The van der Waals surface area contributed by atoms with E-state index in [2.05, 4.69) is 57.9 Å². The molecule has 1 aromatic heterocycles. The zero-order valence-electron chi connectivity index (χ0n) is 15.4. The van der Waals surface area contributed by atoms with Crippen molar-refractivity contribution in [2.45, 2.75) is 20.1 Å². The highest BCUT2D eigenvalue weighted by atomic mass is 32.1. The van der Waals surface area contributed by atoms with E-state index < -0.39 is 0 Å². The minimum atomic E-state index is 0.714. The fourth-order valence-electron chi connectivity index (χ4n) is 3.19. The van der Waals surface area contributed by atoms with Gasteiger partial charge in [0.05, 0.1) is 6.67 Å². The summed E-state index contributed by atoms with van der Waals surface area (Å²) in [7, 11) is 0. The van der Waals surface area contributed by atoms with Crippen LogP contribution < -0.4 is 0 Å². The highest BCUT2D eigenvalue weighted by Gasteiger charge is 2.17. The number of rotatable bonds is 7. The van der Waals surface area contributed by atoms with Crippen molar-refractivity contribution >= 4 is 18.3 Å². The number of aromatic nitrogens is 3. The molecule has 0 radical (unpaired) electrons. The maximum Gasteiger partial charge on any atom is 0.199 e. The van der Waals surface area contributed by atoms with Crippen molar-refractivity contribution in [3.63, 3.8) is 0 Å². The van der Waals surface area contributed by atoms with Gasteiger partial charge in [0.15, 0.2) is 4.77 Å². The van der Waals surface area contributed by atoms with Crippen molar-refractivity contribution in [1.29, 1.82) is 0 Å². The highest BCUT2D eigenvalue weighted by molar-refractivity contribution is 7.71. The molecule has 0 atom stereocenters. The fraction of sp³-hybridized carbons (Fsp3) is 0.400. The van der Waals surface area contributed by atoms with Crippen LogP contribution in [-0.4, -0.2) is 56.9 Å². The Balaban J connectivity index is 1.48. The summed E-state index contributed by atoms with van der Waals surface area (Å²) in [4.78, 5) is 4.90. The molecule has 138 valence electrons. The van der Waals surface area contributed by atoms with Gasteiger partial charge in [0.1, 0.15) is 5.82 Å². The number of benzene rings is 1. The molecule has 0 amide bonds. The maximum atomic E-state index is 5.54. The zero-order chi connectivity index (χ0) is 18.4. The van der Waals surface area contributed by atoms with E-state index in [1.165, 1.54) is 5.56 Å². The fourth-order valence-corrected chi connectivity index (χ4v) is 3.49. The van der Waals surface area contributed by atoms with Crippen LogP contribution >= 0.6 is 12.2 Å². The van der Waals surface area contributed by atoms with Crippen molar-refractivity contribution < 1.29 is 0 Å². The molecule has 26 heavy (non-hydrogen) atoms. The SMILES string of the molecule is C=CCn1c(C)nn(CN2CCN(C/C=C/c3ccccc3)CC2)c1=S. The Labute approximate surface area is 160 Å². The lowest BCUT2D eigenvalue weighted by molar-refractivity contribution is 0.110. The van der Waals surface area contributed by atoms with Crippen LogP contribution in [-0.2, 0) is 13.2 Å². The molecule has 5 nitrogen and oxygen atoms in total. The normalized spacial score (nSPS) is 16.3. The molecule has 0 bridgehead atoms. The van der Waals surface area contributed by atoms with Crippen LogP contribution in [0.3, 0.4) is 0 Å². The predicted molar refractivity (Wildman–Crippen MR) is 109 cm³/mol. The molecule has 1 aromatic carbocycles. The predicted octanol–water partition coefficient (Wildman–Crippen LogP) is 3.20. The summed E-state index contributed by atoms with van der Waals surface area (Å²) in [6.07, 6.45) is 6.30. The Bertz CT molecular complexity index is 797. The first kappa shape index (κ1) is 18.8. The van der Waals surface area contributed by atoms with E-state index in [1.54, 1.807) is 0 Å². The summed E-state index contributed by atoms with van der Waals surface area (Å²) < 4.78 is 4.72. The van der Waals surface area contributed by atoms with Gasteiger partial charge in [0.2, 0.25) is 0 Å². The van der Waals surface area contributed by atoms with Crippen LogP contribution in [0.1, 0.15) is 11.4 Å². The van der Waals surface area contributed by atoms with Gasteiger partial charge in [-0.15, -0.1) is 6.58 Å². The number of allylic oxidation sites excluding steroid dienone is 1. The minimum absolute atomic E-state index is 0.714. The van der Waals surface area contributed by atoms with Gasteiger partial charge >= 0.3 is 0 Å². The number of hydrogen-bond acceptors (Lipinski definition) is 4. The van der Waals surface area contributed by atoms with Crippen LogP contribution in [0.25, 0.3) is 6.08 Å². The maximum absolute atomic E-state index is 5.54. The Morgan fingerprint density at radius 3 is 2.46 bits per heavy atom. The van der Waals surface area contributed by atoms with Crippen LogP contribution in [0.15, 0.2) is 49.1 Å². The second-order valence-corrected chi connectivity index (χ2v) is 6.97. The quantitative estimate of drug-likeness (QED) is 0.554. The smallest absolute Gasteiger partial charge is 0.199 e. The van der Waals surface area contributed by atoms with Crippen LogP contribution in [0, 0.1) is 11.7 Å². The average molecular weight is 370 g/mol. The number of piperazine rings is 1. The van der Waals surface area contributed by atoms with E-state index in [1.807, 2.05) is 28.3 Å². The van der Waals surface area contributed by atoms with Crippen molar-refractivity contribution in [3.05, 3.63) is 65.2 Å². The number of nitrogens with zero attached hydrogens (tertiary/aromatic N) is 5. The molecule has 0 saturated carbocycles. The first-order valence-electron chi connectivity index (χ1n) is 9.09. The standard InChI is InChI=1S/C20H27N5S/c1-3-11-24-18(2)21-25(20(24)26)17-23-15-13-22(14-16-23)12-7-10-19-8-5-4-6-9-19/h3-10H,1,11-17H2,2H3/b10-7+. The molecule has 0 unspecified atom stereocenters. The van der Waals surface area contributed by atoms with Crippen LogP contribution in [0.5, 0.6) is 0 Å². The van der Waals surface area contributed by atoms with E-state index in [4.69, 9.17) is 12.2 Å². The van der Waals surface area contributed by atoms with Gasteiger partial charge in [-0.25, -0.2) is 4.68 Å².